The first-order valence-electron chi connectivity index (χ1n) is 11.8. The van der Waals surface area contributed by atoms with E-state index in [1.165, 1.54) is 17.0 Å². The Balaban J connectivity index is 1.65. The third kappa shape index (κ3) is 5.59. The third-order valence-corrected chi connectivity index (χ3v) is 6.47. The van der Waals surface area contributed by atoms with E-state index in [-0.39, 0.29) is 30.5 Å². The number of alkyl halides is 3. The molecule has 0 saturated carbocycles. The van der Waals surface area contributed by atoms with Crippen molar-refractivity contribution in [3.63, 3.8) is 0 Å². The van der Waals surface area contributed by atoms with Crippen molar-refractivity contribution < 1.29 is 27.9 Å². The van der Waals surface area contributed by atoms with Gasteiger partial charge in [0.05, 0.1) is 17.4 Å². The lowest BCUT2D eigenvalue weighted by molar-refractivity contribution is -0.137. The Hall–Kier alpha value is -3.13. The van der Waals surface area contributed by atoms with Crippen LogP contribution in [0.2, 0.25) is 0 Å². The summed E-state index contributed by atoms with van der Waals surface area (Å²) in [5.41, 5.74) is 2.98. The first-order valence-corrected chi connectivity index (χ1v) is 11.8. The van der Waals surface area contributed by atoms with Crippen LogP contribution in [0.1, 0.15) is 55.4 Å². The predicted molar refractivity (Wildman–Crippen MR) is 129 cm³/mol. The molecule has 2 aliphatic rings. The highest BCUT2D eigenvalue weighted by molar-refractivity contribution is 6.07. The Morgan fingerprint density at radius 1 is 1.20 bits per heavy atom. The fraction of sp³-hybridized carbons (Fsp3) is 0.407. The predicted octanol–water partition coefficient (Wildman–Crippen LogP) is 5.36. The number of aliphatic hydroxyl groups is 1. The number of nitrogens with zero attached hydrogens (tertiary/aromatic N) is 1. The molecule has 1 aliphatic carbocycles. The van der Waals surface area contributed by atoms with Crippen LogP contribution in [0.15, 0.2) is 42.5 Å². The summed E-state index contributed by atoms with van der Waals surface area (Å²) in [7, 11) is 0. The van der Waals surface area contributed by atoms with Gasteiger partial charge in [-0.1, -0.05) is 32.0 Å². The standard InChI is InChI=1S/C27H29F3N2O3/c1-16(2)12-26(35)32-11-10-18(21-9-7-19(14-24(21)32)27(28,29)30)13-25(34)31-23-5-3-4-17-6-8-20(33)15-22(17)23/h3-5,7,9,13-14,16,20,33H,6,8,10-12,15H2,1-2H3,(H,31,34). The number of anilines is 2. The highest BCUT2D eigenvalue weighted by Crippen LogP contribution is 2.40. The van der Waals surface area contributed by atoms with Crippen molar-refractivity contribution >= 4 is 28.8 Å². The molecule has 2 aromatic rings. The molecule has 4 rings (SSSR count). The van der Waals surface area contributed by atoms with E-state index in [1.807, 2.05) is 26.0 Å². The molecule has 0 radical (unpaired) electrons. The van der Waals surface area contributed by atoms with Gasteiger partial charge in [-0.2, -0.15) is 13.2 Å². The number of hydrogen-bond donors (Lipinski definition) is 2. The van der Waals surface area contributed by atoms with E-state index in [9.17, 15) is 27.9 Å². The van der Waals surface area contributed by atoms with Crippen LogP contribution in [0.5, 0.6) is 0 Å². The summed E-state index contributed by atoms with van der Waals surface area (Å²) in [6.45, 7) is 3.96. The molecule has 35 heavy (non-hydrogen) atoms. The van der Waals surface area contributed by atoms with E-state index in [4.69, 9.17) is 0 Å². The molecule has 2 aromatic carbocycles. The fourth-order valence-electron chi connectivity index (χ4n) is 4.77. The van der Waals surface area contributed by atoms with Crippen LogP contribution >= 0.6 is 0 Å². The second-order valence-electron chi connectivity index (χ2n) is 9.62. The summed E-state index contributed by atoms with van der Waals surface area (Å²) in [5, 5.41) is 12.9. The van der Waals surface area contributed by atoms with Crippen LogP contribution < -0.4 is 10.2 Å². The quantitative estimate of drug-likeness (QED) is 0.572. The minimum absolute atomic E-state index is 0.0646. The number of halogens is 3. The van der Waals surface area contributed by atoms with Crippen LogP contribution in [0.4, 0.5) is 24.5 Å². The van der Waals surface area contributed by atoms with Gasteiger partial charge in [-0.05, 0) is 60.1 Å². The first kappa shape index (κ1) is 25.0. The number of aryl methyl sites for hydroxylation is 1. The van der Waals surface area contributed by atoms with Gasteiger partial charge >= 0.3 is 6.18 Å². The third-order valence-electron chi connectivity index (χ3n) is 6.47. The van der Waals surface area contributed by atoms with Crippen molar-refractivity contribution in [1.29, 1.82) is 0 Å². The second-order valence-corrected chi connectivity index (χ2v) is 9.62. The Labute approximate surface area is 202 Å². The van der Waals surface area contributed by atoms with Crippen molar-refractivity contribution in [2.24, 2.45) is 5.92 Å². The van der Waals surface area contributed by atoms with Crippen molar-refractivity contribution in [1.82, 2.24) is 0 Å². The topological polar surface area (TPSA) is 69.6 Å². The maximum atomic E-state index is 13.4. The molecule has 5 nitrogen and oxygen atoms in total. The van der Waals surface area contributed by atoms with E-state index in [1.54, 1.807) is 6.07 Å². The van der Waals surface area contributed by atoms with Crippen LogP contribution in [0.25, 0.3) is 5.57 Å². The maximum Gasteiger partial charge on any atom is 0.416 e. The molecular weight excluding hydrogens is 457 g/mol. The van der Waals surface area contributed by atoms with Gasteiger partial charge in [0, 0.05) is 36.7 Å². The molecule has 0 bridgehead atoms. The molecule has 0 spiro atoms. The highest BCUT2D eigenvalue weighted by Gasteiger charge is 2.34. The van der Waals surface area contributed by atoms with Gasteiger partial charge in [-0.15, -0.1) is 0 Å². The number of amides is 2. The van der Waals surface area contributed by atoms with Gasteiger partial charge in [0.1, 0.15) is 0 Å². The highest BCUT2D eigenvalue weighted by atomic mass is 19.4. The minimum atomic E-state index is -4.54. The lowest BCUT2D eigenvalue weighted by Crippen LogP contribution is -2.36. The number of nitrogens with one attached hydrogen (secondary N) is 1. The van der Waals surface area contributed by atoms with Crippen LogP contribution in [0, 0.1) is 5.92 Å². The Morgan fingerprint density at radius 3 is 2.69 bits per heavy atom. The zero-order valence-electron chi connectivity index (χ0n) is 19.8. The smallest absolute Gasteiger partial charge is 0.393 e. The molecule has 1 heterocycles. The Morgan fingerprint density at radius 2 is 1.97 bits per heavy atom. The summed E-state index contributed by atoms with van der Waals surface area (Å²) < 4.78 is 40.2. The number of fused-ring (bicyclic) bond motifs is 2. The van der Waals surface area contributed by atoms with E-state index in [0.717, 1.165) is 29.7 Å². The van der Waals surface area contributed by atoms with E-state index in [2.05, 4.69) is 5.32 Å². The molecule has 1 unspecified atom stereocenters. The van der Waals surface area contributed by atoms with Crippen molar-refractivity contribution in [2.45, 2.75) is 58.2 Å². The van der Waals surface area contributed by atoms with Crippen molar-refractivity contribution in [3.05, 3.63) is 64.7 Å². The van der Waals surface area contributed by atoms with Gasteiger partial charge in [-0.25, -0.2) is 0 Å². The van der Waals surface area contributed by atoms with Gasteiger partial charge in [0.2, 0.25) is 11.8 Å². The van der Waals surface area contributed by atoms with Gasteiger partial charge in [0.15, 0.2) is 0 Å². The van der Waals surface area contributed by atoms with Crippen LogP contribution in [0.3, 0.4) is 0 Å². The lowest BCUT2D eigenvalue weighted by Gasteiger charge is -2.32. The SMILES string of the molecule is CC(C)CC(=O)N1CCC(=CC(=O)Nc2cccc3c2CC(O)CC3)c2ccc(C(F)(F)F)cc21. The summed E-state index contributed by atoms with van der Waals surface area (Å²) in [6, 6.07) is 8.93. The van der Waals surface area contributed by atoms with Gasteiger partial charge in [-0.3, -0.25) is 9.59 Å². The van der Waals surface area contributed by atoms with Crippen molar-refractivity contribution in [2.75, 3.05) is 16.8 Å². The van der Waals surface area contributed by atoms with E-state index < -0.39 is 23.8 Å². The number of aliphatic hydroxyl groups excluding tert-OH is 1. The average molecular weight is 487 g/mol. The molecule has 0 saturated heterocycles. The number of carbonyl (C=O) groups excluding carboxylic acids is 2. The van der Waals surface area contributed by atoms with Gasteiger partial charge < -0.3 is 15.3 Å². The molecule has 1 aliphatic heterocycles. The number of carbonyl (C=O) groups is 2. The molecule has 0 fully saturated rings. The molecule has 0 aromatic heterocycles. The molecular formula is C27H29F3N2O3. The molecule has 1 atom stereocenters. The van der Waals surface area contributed by atoms with Crippen molar-refractivity contribution in [3.8, 4) is 0 Å². The Kier molecular flexibility index (Phi) is 7.03. The summed E-state index contributed by atoms with van der Waals surface area (Å²) in [5.74, 6) is -0.574. The zero-order valence-corrected chi connectivity index (χ0v) is 19.8. The molecule has 8 heteroatoms. The summed E-state index contributed by atoms with van der Waals surface area (Å²) in [6.07, 6.45) is -1.17. The fourth-order valence-corrected chi connectivity index (χ4v) is 4.77. The molecule has 2 N–H and O–H groups in total. The Bertz CT molecular complexity index is 1170. The first-order chi connectivity index (χ1) is 16.5. The number of hydrogen-bond acceptors (Lipinski definition) is 3. The minimum Gasteiger partial charge on any atom is -0.393 e. The normalized spacial score (nSPS) is 18.9. The molecule has 186 valence electrons. The van der Waals surface area contributed by atoms with E-state index >= 15 is 0 Å². The van der Waals surface area contributed by atoms with Gasteiger partial charge in [0.25, 0.3) is 0 Å². The molecule has 2 amide bonds. The second kappa shape index (κ2) is 9.85. The van der Waals surface area contributed by atoms with E-state index in [0.29, 0.717) is 36.1 Å². The lowest BCUT2D eigenvalue weighted by atomic mass is 9.88. The number of benzene rings is 2. The van der Waals surface area contributed by atoms with Crippen LogP contribution in [-0.4, -0.2) is 29.6 Å². The average Bonchev–Trinajstić information content (AvgIpc) is 2.78. The maximum absolute atomic E-state index is 13.4. The largest absolute Gasteiger partial charge is 0.416 e. The zero-order chi connectivity index (χ0) is 25.3. The number of rotatable bonds is 4. The summed E-state index contributed by atoms with van der Waals surface area (Å²) in [4.78, 5) is 27.1. The monoisotopic (exact) mass is 486 g/mol. The van der Waals surface area contributed by atoms with Crippen LogP contribution in [-0.2, 0) is 28.6 Å². The summed E-state index contributed by atoms with van der Waals surface area (Å²) >= 11 is 0.